The summed E-state index contributed by atoms with van der Waals surface area (Å²) >= 11 is 3.23. The first kappa shape index (κ1) is 19.0. The van der Waals surface area contributed by atoms with Gasteiger partial charge in [0.25, 0.3) is 5.91 Å². The molecular weight excluding hydrogens is 401 g/mol. The lowest BCUT2D eigenvalue weighted by Crippen LogP contribution is -2.45. The van der Waals surface area contributed by atoms with E-state index < -0.39 is 29.6 Å². The zero-order valence-electron chi connectivity index (χ0n) is 12.8. The van der Waals surface area contributed by atoms with Gasteiger partial charge in [0.05, 0.1) is 5.56 Å². The highest BCUT2D eigenvalue weighted by Crippen LogP contribution is 2.29. The van der Waals surface area contributed by atoms with Gasteiger partial charge in [-0.3, -0.25) is 9.59 Å². The first-order valence-corrected chi connectivity index (χ1v) is 7.98. The standard InChI is InChI=1S/C17H14BrF3N2O2/c18-13-6-2-4-11(9-13)16(25)23-14(15(22)24)8-10-3-1-5-12(7-10)17(19,20)21/h1-7,9,14H,8H2,(H2,22,24)(H,23,25)/t14-/m1/s1. The van der Waals surface area contributed by atoms with Crippen molar-refractivity contribution in [1.82, 2.24) is 5.32 Å². The summed E-state index contributed by atoms with van der Waals surface area (Å²) < 4.78 is 39.0. The SMILES string of the molecule is NC(=O)[C@@H](Cc1cccc(C(F)(F)F)c1)NC(=O)c1cccc(Br)c1. The number of carbonyl (C=O) groups excluding carboxylic acids is 2. The maximum absolute atomic E-state index is 12.8. The third kappa shape index (κ3) is 5.32. The molecule has 3 N–H and O–H groups in total. The molecular formula is C17H14BrF3N2O2. The van der Waals surface area contributed by atoms with Gasteiger partial charge in [-0.05, 0) is 29.8 Å². The average molecular weight is 415 g/mol. The van der Waals surface area contributed by atoms with Crippen LogP contribution in [0.5, 0.6) is 0 Å². The second kappa shape index (κ2) is 7.69. The minimum Gasteiger partial charge on any atom is -0.368 e. The van der Waals surface area contributed by atoms with E-state index in [0.717, 1.165) is 12.1 Å². The van der Waals surface area contributed by atoms with E-state index in [1.54, 1.807) is 24.3 Å². The largest absolute Gasteiger partial charge is 0.416 e. The van der Waals surface area contributed by atoms with Gasteiger partial charge in [0.15, 0.2) is 0 Å². The van der Waals surface area contributed by atoms with Crippen molar-refractivity contribution in [3.8, 4) is 0 Å². The molecule has 8 heteroatoms. The molecule has 0 bridgehead atoms. The Morgan fingerprint density at radius 2 is 1.80 bits per heavy atom. The Labute approximate surface area is 150 Å². The van der Waals surface area contributed by atoms with Gasteiger partial charge in [-0.15, -0.1) is 0 Å². The van der Waals surface area contributed by atoms with Crippen molar-refractivity contribution < 1.29 is 22.8 Å². The lowest BCUT2D eigenvalue weighted by atomic mass is 10.0. The van der Waals surface area contributed by atoms with Gasteiger partial charge in [0, 0.05) is 16.5 Å². The Morgan fingerprint density at radius 1 is 1.12 bits per heavy atom. The Balaban J connectivity index is 2.17. The van der Waals surface area contributed by atoms with Crippen LogP contribution < -0.4 is 11.1 Å². The summed E-state index contributed by atoms with van der Waals surface area (Å²) in [4.78, 5) is 23.8. The van der Waals surface area contributed by atoms with Gasteiger partial charge >= 0.3 is 6.18 Å². The summed E-state index contributed by atoms with van der Waals surface area (Å²) in [5.41, 5.74) is 4.99. The van der Waals surface area contributed by atoms with Crippen LogP contribution in [0.15, 0.2) is 53.0 Å². The van der Waals surface area contributed by atoms with E-state index in [9.17, 15) is 22.8 Å². The molecule has 0 spiro atoms. The van der Waals surface area contributed by atoms with Crippen LogP contribution in [0, 0.1) is 0 Å². The third-order valence-corrected chi connectivity index (χ3v) is 3.92. The molecule has 2 rings (SSSR count). The van der Waals surface area contributed by atoms with Crippen LogP contribution in [0.2, 0.25) is 0 Å². The Kier molecular flexibility index (Phi) is 5.84. The predicted molar refractivity (Wildman–Crippen MR) is 89.7 cm³/mol. The maximum Gasteiger partial charge on any atom is 0.416 e. The molecule has 0 saturated heterocycles. The minimum absolute atomic E-state index is 0.140. The molecule has 1 atom stereocenters. The number of hydrogen-bond acceptors (Lipinski definition) is 2. The quantitative estimate of drug-likeness (QED) is 0.787. The van der Waals surface area contributed by atoms with Gasteiger partial charge in [0.2, 0.25) is 5.91 Å². The van der Waals surface area contributed by atoms with E-state index in [2.05, 4.69) is 21.2 Å². The summed E-state index contributed by atoms with van der Waals surface area (Å²) in [6.45, 7) is 0. The van der Waals surface area contributed by atoms with Gasteiger partial charge in [0.1, 0.15) is 6.04 Å². The first-order valence-electron chi connectivity index (χ1n) is 7.18. The number of benzene rings is 2. The number of carbonyl (C=O) groups is 2. The van der Waals surface area contributed by atoms with Crippen LogP contribution in [-0.2, 0) is 17.4 Å². The van der Waals surface area contributed by atoms with E-state index in [1.165, 1.54) is 12.1 Å². The molecule has 4 nitrogen and oxygen atoms in total. The molecule has 25 heavy (non-hydrogen) atoms. The summed E-state index contributed by atoms with van der Waals surface area (Å²) in [5, 5.41) is 2.45. The lowest BCUT2D eigenvalue weighted by Gasteiger charge is -2.16. The number of amides is 2. The smallest absolute Gasteiger partial charge is 0.368 e. The molecule has 0 aliphatic heterocycles. The van der Waals surface area contributed by atoms with Gasteiger partial charge in [-0.2, -0.15) is 13.2 Å². The summed E-state index contributed by atoms with van der Waals surface area (Å²) in [6, 6.07) is 9.89. The zero-order chi connectivity index (χ0) is 18.6. The number of rotatable bonds is 5. The maximum atomic E-state index is 12.8. The van der Waals surface area contributed by atoms with Crippen molar-refractivity contribution in [3.63, 3.8) is 0 Å². The Morgan fingerprint density at radius 3 is 2.40 bits per heavy atom. The van der Waals surface area contributed by atoms with Crippen LogP contribution in [0.4, 0.5) is 13.2 Å². The number of halogens is 4. The van der Waals surface area contributed by atoms with Crippen molar-refractivity contribution in [3.05, 3.63) is 69.7 Å². The van der Waals surface area contributed by atoms with Crippen LogP contribution >= 0.6 is 15.9 Å². The highest BCUT2D eigenvalue weighted by Gasteiger charge is 2.30. The average Bonchev–Trinajstić information content (AvgIpc) is 2.53. The Bertz CT molecular complexity index is 793. The van der Waals surface area contributed by atoms with Crippen LogP contribution in [-0.4, -0.2) is 17.9 Å². The molecule has 2 aromatic carbocycles. The van der Waals surface area contributed by atoms with E-state index in [0.29, 0.717) is 10.0 Å². The Hall–Kier alpha value is -2.35. The number of nitrogens with two attached hydrogens (primary N) is 1. The number of primary amides is 1. The minimum atomic E-state index is -4.49. The lowest BCUT2D eigenvalue weighted by molar-refractivity contribution is -0.137. The summed E-state index contributed by atoms with van der Waals surface area (Å²) in [6.07, 6.45) is -4.63. The van der Waals surface area contributed by atoms with Crippen molar-refractivity contribution >= 4 is 27.7 Å². The molecule has 0 aliphatic carbocycles. The number of nitrogens with one attached hydrogen (secondary N) is 1. The van der Waals surface area contributed by atoms with Crippen molar-refractivity contribution in [2.24, 2.45) is 5.73 Å². The summed E-state index contributed by atoms with van der Waals surface area (Å²) in [5.74, 6) is -1.38. The van der Waals surface area contributed by atoms with Crippen LogP contribution in [0.25, 0.3) is 0 Å². The highest BCUT2D eigenvalue weighted by atomic mass is 79.9. The molecule has 0 radical (unpaired) electrons. The van der Waals surface area contributed by atoms with Crippen molar-refractivity contribution in [2.75, 3.05) is 0 Å². The first-order chi connectivity index (χ1) is 11.7. The van der Waals surface area contributed by atoms with Crippen LogP contribution in [0.3, 0.4) is 0 Å². The molecule has 0 aliphatic rings. The highest BCUT2D eigenvalue weighted by molar-refractivity contribution is 9.10. The summed E-state index contributed by atoms with van der Waals surface area (Å²) in [7, 11) is 0. The van der Waals surface area contributed by atoms with Crippen LogP contribution in [0.1, 0.15) is 21.5 Å². The normalized spacial score (nSPS) is 12.5. The van der Waals surface area contributed by atoms with E-state index in [4.69, 9.17) is 5.73 Å². The number of alkyl halides is 3. The molecule has 0 unspecified atom stereocenters. The van der Waals surface area contributed by atoms with E-state index in [1.807, 2.05) is 0 Å². The van der Waals surface area contributed by atoms with Gasteiger partial charge in [-0.1, -0.05) is 40.2 Å². The molecule has 2 amide bonds. The third-order valence-electron chi connectivity index (χ3n) is 3.43. The van der Waals surface area contributed by atoms with Gasteiger partial charge in [-0.25, -0.2) is 0 Å². The topological polar surface area (TPSA) is 72.2 Å². The zero-order valence-corrected chi connectivity index (χ0v) is 14.4. The number of hydrogen-bond donors (Lipinski definition) is 2. The second-order valence-electron chi connectivity index (χ2n) is 5.34. The molecule has 0 aromatic heterocycles. The second-order valence-corrected chi connectivity index (χ2v) is 6.26. The molecule has 0 heterocycles. The van der Waals surface area contributed by atoms with Gasteiger partial charge < -0.3 is 11.1 Å². The molecule has 2 aromatic rings. The van der Waals surface area contributed by atoms with Crippen molar-refractivity contribution in [1.29, 1.82) is 0 Å². The van der Waals surface area contributed by atoms with E-state index in [-0.39, 0.29) is 12.0 Å². The van der Waals surface area contributed by atoms with E-state index >= 15 is 0 Å². The molecule has 0 fully saturated rings. The monoisotopic (exact) mass is 414 g/mol. The fourth-order valence-corrected chi connectivity index (χ4v) is 2.60. The fraction of sp³-hybridized carbons (Fsp3) is 0.176. The molecule has 0 saturated carbocycles. The molecule has 132 valence electrons. The fourth-order valence-electron chi connectivity index (χ4n) is 2.20. The predicted octanol–water partition coefficient (Wildman–Crippen LogP) is 3.29. The van der Waals surface area contributed by atoms with Crippen molar-refractivity contribution in [2.45, 2.75) is 18.6 Å².